The summed E-state index contributed by atoms with van der Waals surface area (Å²) in [6.07, 6.45) is 10.8. The molecule has 0 N–H and O–H groups in total. The van der Waals surface area contributed by atoms with E-state index < -0.39 is 0 Å². The lowest BCUT2D eigenvalue weighted by Crippen LogP contribution is -2.20. The molecule has 0 bridgehead atoms. The fourth-order valence-corrected chi connectivity index (χ4v) is 4.56. The Kier molecular flexibility index (Phi) is 6.46. The lowest BCUT2D eigenvalue weighted by molar-refractivity contribution is -0.145. The normalized spacial score (nSPS) is 36.4. The average molecular weight is 380 g/mol. The summed E-state index contributed by atoms with van der Waals surface area (Å²) in [7, 11) is 0. The van der Waals surface area contributed by atoms with E-state index in [1.807, 2.05) is 0 Å². The number of carbonyl (C=O) groups excluding carboxylic acids is 2. The minimum Gasteiger partial charge on any atom is -0.465 e. The summed E-state index contributed by atoms with van der Waals surface area (Å²) < 4.78 is 22.0. The van der Waals surface area contributed by atoms with Crippen molar-refractivity contribution in [1.82, 2.24) is 0 Å². The van der Waals surface area contributed by atoms with Gasteiger partial charge in [0, 0.05) is 12.8 Å². The van der Waals surface area contributed by atoms with Crippen molar-refractivity contribution in [2.75, 3.05) is 19.8 Å². The van der Waals surface area contributed by atoms with Crippen molar-refractivity contribution in [1.29, 1.82) is 0 Å². The number of Topliss-reactive ketones (excluding diaryl/α,β-unsaturated/α-hetero) is 1. The molecule has 4 aliphatic rings. The van der Waals surface area contributed by atoms with Crippen LogP contribution in [0.5, 0.6) is 0 Å². The molecule has 4 fully saturated rings. The van der Waals surface area contributed by atoms with E-state index in [0.717, 1.165) is 44.9 Å². The Morgan fingerprint density at radius 1 is 0.778 bits per heavy atom. The maximum atomic E-state index is 11.9. The second kappa shape index (κ2) is 9.01. The first kappa shape index (κ1) is 19.3. The number of fused-ring (bicyclic) bond motifs is 2. The van der Waals surface area contributed by atoms with Gasteiger partial charge in [-0.2, -0.15) is 0 Å². The number of carbonyl (C=O) groups is 2. The van der Waals surface area contributed by atoms with Gasteiger partial charge in [-0.25, -0.2) is 0 Å². The van der Waals surface area contributed by atoms with Crippen LogP contribution in [0.25, 0.3) is 0 Å². The summed E-state index contributed by atoms with van der Waals surface area (Å²) in [5, 5.41) is 0. The minimum atomic E-state index is -0.143. The van der Waals surface area contributed by atoms with Crippen molar-refractivity contribution in [2.24, 2.45) is 11.8 Å². The molecule has 0 aromatic heterocycles. The van der Waals surface area contributed by atoms with Crippen molar-refractivity contribution in [2.45, 2.75) is 88.6 Å². The summed E-state index contributed by atoms with van der Waals surface area (Å²) in [5.41, 5.74) is 0. The van der Waals surface area contributed by atoms with Crippen molar-refractivity contribution in [3.63, 3.8) is 0 Å². The summed E-state index contributed by atoms with van der Waals surface area (Å²) in [5.74, 6) is 0.979. The van der Waals surface area contributed by atoms with Crippen LogP contribution in [0.2, 0.25) is 0 Å². The molecule has 2 saturated heterocycles. The SMILES string of the molecule is O=C(CCCCC(=O)OCC1CCC2OC2C1)COCC1CCC2OC2C1. The second-order valence-electron chi connectivity index (χ2n) is 8.73. The predicted octanol–water partition coefficient (Wildman–Crippen LogP) is 2.81. The third-order valence-electron chi connectivity index (χ3n) is 6.41. The quantitative estimate of drug-likeness (QED) is 0.312. The number of epoxide rings is 2. The van der Waals surface area contributed by atoms with E-state index >= 15 is 0 Å². The van der Waals surface area contributed by atoms with Gasteiger partial charge < -0.3 is 18.9 Å². The number of hydrogen-bond donors (Lipinski definition) is 0. The Morgan fingerprint density at radius 3 is 2.07 bits per heavy atom. The van der Waals surface area contributed by atoms with Gasteiger partial charge in [0.15, 0.2) is 5.78 Å². The third-order valence-corrected chi connectivity index (χ3v) is 6.41. The van der Waals surface area contributed by atoms with Crippen LogP contribution in [0.3, 0.4) is 0 Å². The predicted molar refractivity (Wildman–Crippen MR) is 97.3 cm³/mol. The number of hydrogen-bond acceptors (Lipinski definition) is 6. The van der Waals surface area contributed by atoms with E-state index in [-0.39, 0.29) is 18.4 Å². The van der Waals surface area contributed by atoms with Crippen LogP contribution in [-0.4, -0.2) is 56.0 Å². The Morgan fingerprint density at radius 2 is 1.41 bits per heavy atom. The highest BCUT2D eigenvalue weighted by molar-refractivity contribution is 5.79. The van der Waals surface area contributed by atoms with Gasteiger partial charge >= 0.3 is 5.97 Å². The monoisotopic (exact) mass is 380 g/mol. The van der Waals surface area contributed by atoms with Gasteiger partial charge in [0.1, 0.15) is 6.61 Å². The van der Waals surface area contributed by atoms with Crippen LogP contribution in [0.15, 0.2) is 0 Å². The number of rotatable bonds is 11. The first-order valence-corrected chi connectivity index (χ1v) is 10.7. The van der Waals surface area contributed by atoms with E-state index in [0.29, 0.717) is 68.7 Å². The molecule has 2 aliphatic heterocycles. The van der Waals surface area contributed by atoms with E-state index in [4.69, 9.17) is 18.9 Å². The van der Waals surface area contributed by atoms with E-state index in [1.165, 1.54) is 0 Å². The standard InChI is InChI=1S/C21H32O6/c22-16(13-24-11-14-5-7-17-19(9-14)26-17)3-1-2-4-21(23)25-12-15-6-8-18-20(10-15)27-18/h14-15,17-20H,1-13H2. The maximum Gasteiger partial charge on any atom is 0.305 e. The average Bonchev–Trinajstić information content (AvgIpc) is 3.57. The van der Waals surface area contributed by atoms with Gasteiger partial charge in [-0.1, -0.05) is 0 Å². The largest absolute Gasteiger partial charge is 0.465 e. The zero-order valence-corrected chi connectivity index (χ0v) is 16.1. The number of unbranched alkanes of at least 4 members (excludes halogenated alkanes) is 1. The van der Waals surface area contributed by atoms with E-state index in [1.54, 1.807) is 0 Å². The fraction of sp³-hybridized carbons (Fsp3) is 0.905. The first-order valence-electron chi connectivity index (χ1n) is 10.7. The zero-order valence-electron chi connectivity index (χ0n) is 16.1. The molecular formula is C21H32O6. The smallest absolute Gasteiger partial charge is 0.305 e. The lowest BCUT2D eigenvalue weighted by Gasteiger charge is -2.18. The summed E-state index contributed by atoms with van der Waals surface area (Å²) in [6, 6.07) is 0. The van der Waals surface area contributed by atoms with Crippen molar-refractivity contribution < 1.29 is 28.5 Å². The molecule has 6 unspecified atom stereocenters. The lowest BCUT2D eigenvalue weighted by atomic mass is 9.90. The van der Waals surface area contributed by atoms with Crippen LogP contribution in [-0.2, 0) is 28.5 Å². The van der Waals surface area contributed by atoms with E-state index in [9.17, 15) is 9.59 Å². The summed E-state index contributed by atoms with van der Waals surface area (Å²) in [4.78, 5) is 23.7. The molecule has 6 heteroatoms. The highest BCUT2D eigenvalue weighted by Crippen LogP contribution is 2.40. The van der Waals surface area contributed by atoms with E-state index in [2.05, 4.69) is 0 Å². The number of ether oxygens (including phenoxy) is 4. The Bertz CT molecular complexity index is 535. The van der Waals surface area contributed by atoms with Gasteiger partial charge in [-0.15, -0.1) is 0 Å². The number of esters is 1. The molecule has 0 aromatic carbocycles. The minimum absolute atomic E-state index is 0.126. The number of ketones is 1. The van der Waals surface area contributed by atoms with Crippen LogP contribution >= 0.6 is 0 Å². The third kappa shape index (κ3) is 6.00. The highest BCUT2D eigenvalue weighted by Gasteiger charge is 2.44. The summed E-state index contributed by atoms with van der Waals surface area (Å²) >= 11 is 0. The molecule has 152 valence electrons. The molecule has 0 spiro atoms. The first-order chi connectivity index (χ1) is 13.2. The molecule has 2 aliphatic carbocycles. The van der Waals surface area contributed by atoms with Crippen LogP contribution in [0.1, 0.15) is 64.2 Å². The molecule has 0 aromatic rings. The van der Waals surface area contributed by atoms with Crippen LogP contribution in [0.4, 0.5) is 0 Å². The zero-order chi connectivity index (χ0) is 18.6. The van der Waals surface area contributed by atoms with Crippen LogP contribution in [0, 0.1) is 11.8 Å². The topological polar surface area (TPSA) is 77.7 Å². The van der Waals surface area contributed by atoms with Crippen molar-refractivity contribution in [3.05, 3.63) is 0 Å². The molecule has 0 radical (unpaired) electrons. The molecule has 6 nitrogen and oxygen atoms in total. The van der Waals surface area contributed by atoms with Gasteiger partial charge in [0.2, 0.25) is 0 Å². The van der Waals surface area contributed by atoms with Crippen molar-refractivity contribution in [3.8, 4) is 0 Å². The molecule has 2 saturated carbocycles. The second-order valence-corrected chi connectivity index (χ2v) is 8.73. The molecule has 0 amide bonds. The Hall–Kier alpha value is -0.980. The molecule has 6 atom stereocenters. The highest BCUT2D eigenvalue weighted by atomic mass is 16.6. The Labute approximate surface area is 161 Å². The molecule has 27 heavy (non-hydrogen) atoms. The van der Waals surface area contributed by atoms with Gasteiger partial charge in [-0.05, 0) is 63.2 Å². The molecular weight excluding hydrogens is 348 g/mol. The molecule has 2 heterocycles. The van der Waals surface area contributed by atoms with Crippen molar-refractivity contribution >= 4 is 11.8 Å². The van der Waals surface area contributed by atoms with Gasteiger partial charge in [0.05, 0.1) is 37.6 Å². The van der Waals surface area contributed by atoms with Gasteiger partial charge in [0.25, 0.3) is 0 Å². The summed E-state index contributed by atoms with van der Waals surface area (Å²) in [6.45, 7) is 1.38. The molecule has 4 rings (SSSR count). The fourth-order valence-electron chi connectivity index (χ4n) is 4.56. The van der Waals surface area contributed by atoms with Gasteiger partial charge in [-0.3, -0.25) is 9.59 Å². The maximum absolute atomic E-state index is 11.9. The van der Waals surface area contributed by atoms with Crippen LogP contribution < -0.4 is 0 Å². The Balaban J connectivity index is 0.970.